The van der Waals surface area contributed by atoms with E-state index < -0.39 is 0 Å². The van der Waals surface area contributed by atoms with Gasteiger partial charge in [-0.1, -0.05) is 6.42 Å². The summed E-state index contributed by atoms with van der Waals surface area (Å²) in [5.41, 5.74) is 6.39. The van der Waals surface area contributed by atoms with Gasteiger partial charge in [-0.25, -0.2) is 0 Å². The number of nitrogens with two attached hydrogens (primary N) is 1. The van der Waals surface area contributed by atoms with Crippen molar-refractivity contribution in [3.8, 4) is 0 Å². The van der Waals surface area contributed by atoms with Crippen molar-refractivity contribution >= 4 is 0 Å². The third-order valence-electron chi connectivity index (χ3n) is 5.41. The Kier molecular flexibility index (Phi) is 3.18. The third-order valence-corrected chi connectivity index (χ3v) is 5.41. The summed E-state index contributed by atoms with van der Waals surface area (Å²) >= 11 is 0. The quantitative estimate of drug-likeness (QED) is 0.794. The van der Waals surface area contributed by atoms with Crippen molar-refractivity contribution in [2.24, 2.45) is 17.6 Å². The third kappa shape index (κ3) is 2.02. The lowest BCUT2D eigenvalue weighted by Gasteiger charge is -2.46. The van der Waals surface area contributed by atoms with Crippen LogP contribution in [0.15, 0.2) is 0 Å². The van der Waals surface area contributed by atoms with Gasteiger partial charge in [0.25, 0.3) is 0 Å². The minimum absolute atomic E-state index is 0.252. The summed E-state index contributed by atoms with van der Waals surface area (Å²) in [6.45, 7) is 6.49. The molecule has 98 valence electrons. The summed E-state index contributed by atoms with van der Waals surface area (Å²) in [6, 6.07) is 0. The molecule has 2 aliphatic heterocycles. The number of ether oxygens (including phenoxy) is 1. The average Bonchev–Trinajstić information content (AvgIpc) is 2.89. The molecule has 1 aliphatic carbocycles. The molecule has 4 unspecified atom stereocenters. The molecule has 3 heteroatoms. The molecule has 3 nitrogen and oxygen atoms in total. The van der Waals surface area contributed by atoms with Crippen LogP contribution >= 0.6 is 0 Å². The summed E-state index contributed by atoms with van der Waals surface area (Å²) in [4.78, 5) is 2.72. The van der Waals surface area contributed by atoms with Gasteiger partial charge in [0.1, 0.15) is 0 Å². The molecule has 1 saturated carbocycles. The van der Waals surface area contributed by atoms with Gasteiger partial charge in [-0.05, 0) is 44.4 Å². The first-order chi connectivity index (χ1) is 8.23. The van der Waals surface area contributed by atoms with Gasteiger partial charge in [0, 0.05) is 31.8 Å². The SMILES string of the molecule is CC1CC(CN)(N2CC3CCCC3C2)CCO1. The highest BCUT2D eigenvalue weighted by Crippen LogP contribution is 2.43. The van der Waals surface area contributed by atoms with E-state index in [1.54, 1.807) is 0 Å². The van der Waals surface area contributed by atoms with Gasteiger partial charge in [-0.2, -0.15) is 0 Å². The molecule has 3 rings (SSSR count). The van der Waals surface area contributed by atoms with Crippen LogP contribution in [0.4, 0.5) is 0 Å². The first kappa shape index (κ1) is 11.9. The van der Waals surface area contributed by atoms with Crippen LogP contribution in [0.3, 0.4) is 0 Å². The fourth-order valence-electron chi connectivity index (χ4n) is 4.37. The molecule has 0 bridgehead atoms. The first-order valence-electron chi connectivity index (χ1n) is 7.30. The molecule has 2 N–H and O–H groups in total. The molecule has 2 saturated heterocycles. The predicted octanol–water partition coefficient (Wildman–Crippen LogP) is 1.61. The Hall–Kier alpha value is -0.120. The molecule has 2 heterocycles. The standard InChI is InChI=1S/C14H26N2O/c1-11-7-14(10-15,5-6-17-11)16-8-12-3-2-4-13(12)9-16/h11-13H,2-10,15H2,1H3. The van der Waals surface area contributed by atoms with E-state index in [2.05, 4.69) is 11.8 Å². The maximum atomic E-state index is 6.13. The molecule has 4 atom stereocenters. The Morgan fingerprint density at radius 1 is 1.29 bits per heavy atom. The monoisotopic (exact) mass is 238 g/mol. The van der Waals surface area contributed by atoms with Crippen LogP contribution < -0.4 is 5.73 Å². The molecule has 0 aromatic carbocycles. The normalized spacial score (nSPS) is 47.3. The Morgan fingerprint density at radius 2 is 2.00 bits per heavy atom. The van der Waals surface area contributed by atoms with Crippen LogP contribution in [0.25, 0.3) is 0 Å². The predicted molar refractivity (Wildman–Crippen MR) is 68.8 cm³/mol. The molecule has 0 spiro atoms. The second-order valence-electron chi connectivity index (χ2n) is 6.42. The number of likely N-dealkylation sites (tertiary alicyclic amines) is 1. The number of fused-ring (bicyclic) bond motifs is 1. The van der Waals surface area contributed by atoms with Gasteiger partial charge in [0.2, 0.25) is 0 Å². The van der Waals surface area contributed by atoms with E-state index in [-0.39, 0.29) is 5.54 Å². The highest BCUT2D eigenvalue weighted by Gasteiger charge is 2.46. The van der Waals surface area contributed by atoms with Crippen molar-refractivity contribution in [1.29, 1.82) is 0 Å². The minimum Gasteiger partial charge on any atom is -0.378 e. The van der Waals surface area contributed by atoms with Gasteiger partial charge in [0.15, 0.2) is 0 Å². The van der Waals surface area contributed by atoms with Crippen LogP contribution in [-0.4, -0.2) is 42.8 Å². The molecule has 17 heavy (non-hydrogen) atoms. The second kappa shape index (κ2) is 4.52. The zero-order valence-corrected chi connectivity index (χ0v) is 11.0. The van der Waals surface area contributed by atoms with Crippen molar-refractivity contribution in [3.05, 3.63) is 0 Å². The van der Waals surface area contributed by atoms with Crippen molar-refractivity contribution in [1.82, 2.24) is 4.90 Å². The van der Waals surface area contributed by atoms with Crippen molar-refractivity contribution in [2.45, 2.75) is 50.7 Å². The highest BCUT2D eigenvalue weighted by atomic mass is 16.5. The molecular weight excluding hydrogens is 212 g/mol. The largest absolute Gasteiger partial charge is 0.378 e. The van der Waals surface area contributed by atoms with E-state index in [1.807, 2.05) is 0 Å². The summed E-state index contributed by atoms with van der Waals surface area (Å²) in [6.07, 6.45) is 7.00. The number of nitrogens with zero attached hydrogens (tertiary/aromatic N) is 1. The minimum atomic E-state index is 0.252. The second-order valence-corrected chi connectivity index (χ2v) is 6.42. The van der Waals surface area contributed by atoms with Crippen molar-refractivity contribution in [3.63, 3.8) is 0 Å². The van der Waals surface area contributed by atoms with Crippen LogP contribution in [-0.2, 0) is 4.74 Å². The molecule has 3 aliphatic rings. The maximum absolute atomic E-state index is 6.13. The lowest BCUT2D eigenvalue weighted by atomic mass is 9.85. The molecular formula is C14H26N2O. The lowest BCUT2D eigenvalue weighted by molar-refractivity contribution is -0.0589. The summed E-state index contributed by atoms with van der Waals surface area (Å²) in [7, 11) is 0. The van der Waals surface area contributed by atoms with E-state index in [1.165, 1.54) is 32.4 Å². The van der Waals surface area contributed by atoms with Crippen LogP contribution in [0.5, 0.6) is 0 Å². The van der Waals surface area contributed by atoms with E-state index >= 15 is 0 Å². The van der Waals surface area contributed by atoms with Crippen molar-refractivity contribution in [2.75, 3.05) is 26.2 Å². The Bertz CT molecular complexity index is 271. The smallest absolute Gasteiger partial charge is 0.0565 e. The maximum Gasteiger partial charge on any atom is 0.0565 e. The lowest BCUT2D eigenvalue weighted by Crippen LogP contribution is -2.57. The first-order valence-corrected chi connectivity index (χ1v) is 7.30. The van der Waals surface area contributed by atoms with Gasteiger partial charge >= 0.3 is 0 Å². The molecule has 0 aromatic heterocycles. The van der Waals surface area contributed by atoms with Gasteiger partial charge in [0.05, 0.1) is 6.10 Å². The topological polar surface area (TPSA) is 38.5 Å². The Balaban J connectivity index is 1.72. The zero-order chi connectivity index (χ0) is 11.9. The van der Waals surface area contributed by atoms with E-state index in [0.717, 1.165) is 37.8 Å². The van der Waals surface area contributed by atoms with Crippen LogP contribution in [0.1, 0.15) is 39.0 Å². The summed E-state index contributed by atoms with van der Waals surface area (Å²) in [5.74, 6) is 1.94. The van der Waals surface area contributed by atoms with Crippen LogP contribution in [0, 0.1) is 11.8 Å². The van der Waals surface area contributed by atoms with Gasteiger partial charge < -0.3 is 10.5 Å². The zero-order valence-electron chi connectivity index (χ0n) is 11.0. The molecule has 0 amide bonds. The molecule has 0 aromatic rings. The molecule has 0 radical (unpaired) electrons. The van der Waals surface area contributed by atoms with Crippen LogP contribution in [0.2, 0.25) is 0 Å². The fraction of sp³-hybridized carbons (Fsp3) is 1.00. The van der Waals surface area contributed by atoms with E-state index in [0.29, 0.717) is 6.10 Å². The number of hydrogen-bond donors (Lipinski definition) is 1. The van der Waals surface area contributed by atoms with Crippen molar-refractivity contribution < 1.29 is 4.74 Å². The number of rotatable bonds is 2. The van der Waals surface area contributed by atoms with E-state index in [9.17, 15) is 0 Å². The Labute approximate surface area is 105 Å². The summed E-state index contributed by atoms with van der Waals surface area (Å²) < 4.78 is 5.71. The van der Waals surface area contributed by atoms with Gasteiger partial charge in [-0.3, -0.25) is 4.90 Å². The average molecular weight is 238 g/mol. The van der Waals surface area contributed by atoms with E-state index in [4.69, 9.17) is 10.5 Å². The fourth-order valence-corrected chi connectivity index (χ4v) is 4.37. The molecule has 3 fully saturated rings. The number of hydrogen-bond acceptors (Lipinski definition) is 3. The highest BCUT2D eigenvalue weighted by molar-refractivity contribution is 5.01. The summed E-state index contributed by atoms with van der Waals surface area (Å²) in [5, 5.41) is 0. The Morgan fingerprint density at radius 3 is 2.59 bits per heavy atom. The van der Waals surface area contributed by atoms with Gasteiger partial charge in [-0.15, -0.1) is 0 Å².